The molecule has 9 heteroatoms. The van der Waals surface area contributed by atoms with Gasteiger partial charge in [0.05, 0.1) is 13.4 Å². The molecular formula is C19H23N5O4. The second-order valence-electron chi connectivity index (χ2n) is 6.51. The van der Waals surface area contributed by atoms with Gasteiger partial charge in [-0.15, -0.1) is 0 Å². The first-order valence-electron chi connectivity index (χ1n) is 8.93. The lowest BCUT2D eigenvalue weighted by atomic mass is 10.2. The number of amides is 1. The highest BCUT2D eigenvalue weighted by atomic mass is 16.5. The van der Waals surface area contributed by atoms with Crippen molar-refractivity contribution in [3.63, 3.8) is 0 Å². The van der Waals surface area contributed by atoms with E-state index in [1.807, 2.05) is 24.3 Å². The molecule has 148 valence electrons. The number of para-hydroxylation sites is 1. The Morgan fingerprint density at radius 3 is 2.68 bits per heavy atom. The summed E-state index contributed by atoms with van der Waals surface area (Å²) >= 11 is 0. The lowest BCUT2D eigenvalue weighted by Crippen LogP contribution is -2.37. The van der Waals surface area contributed by atoms with Crippen molar-refractivity contribution in [2.75, 3.05) is 7.11 Å². The smallest absolute Gasteiger partial charge is 0.332 e. The van der Waals surface area contributed by atoms with Crippen molar-refractivity contribution in [2.24, 2.45) is 14.1 Å². The van der Waals surface area contributed by atoms with Crippen molar-refractivity contribution in [1.82, 2.24) is 24.0 Å². The van der Waals surface area contributed by atoms with Crippen LogP contribution in [0.4, 0.5) is 0 Å². The summed E-state index contributed by atoms with van der Waals surface area (Å²) in [6.45, 7) is 0.839. The molecule has 0 spiro atoms. The number of nitrogens with zero attached hydrogens (tertiary/aromatic N) is 4. The topological polar surface area (TPSA) is 100 Å². The number of methoxy groups -OCH3 is 1. The van der Waals surface area contributed by atoms with Gasteiger partial charge in [-0.2, -0.15) is 0 Å². The average Bonchev–Trinajstić information content (AvgIpc) is 3.13. The van der Waals surface area contributed by atoms with E-state index >= 15 is 0 Å². The number of imidazole rings is 1. The van der Waals surface area contributed by atoms with E-state index < -0.39 is 11.2 Å². The number of fused-ring (bicyclic) bond motifs is 1. The number of nitrogens with one attached hydrogen (secondary N) is 1. The predicted octanol–water partition coefficient (Wildman–Crippen LogP) is 0.539. The highest BCUT2D eigenvalue weighted by molar-refractivity contribution is 5.76. The third-order valence-electron chi connectivity index (χ3n) is 4.69. The number of aromatic nitrogens is 4. The zero-order valence-corrected chi connectivity index (χ0v) is 16.1. The van der Waals surface area contributed by atoms with Crippen molar-refractivity contribution in [2.45, 2.75) is 25.9 Å². The minimum atomic E-state index is -0.418. The van der Waals surface area contributed by atoms with E-state index in [0.717, 1.165) is 15.9 Å². The molecule has 1 N–H and O–H groups in total. The van der Waals surface area contributed by atoms with Crippen LogP contribution in [0.3, 0.4) is 0 Å². The van der Waals surface area contributed by atoms with E-state index in [1.165, 1.54) is 17.9 Å². The molecule has 0 aliphatic rings. The van der Waals surface area contributed by atoms with Crippen LogP contribution in [0.25, 0.3) is 11.2 Å². The van der Waals surface area contributed by atoms with Gasteiger partial charge in [0.25, 0.3) is 5.56 Å². The first-order chi connectivity index (χ1) is 13.4. The molecule has 9 nitrogen and oxygen atoms in total. The summed E-state index contributed by atoms with van der Waals surface area (Å²) in [6, 6.07) is 7.51. The van der Waals surface area contributed by atoms with Gasteiger partial charge in [0, 0.05) is 39.2 Å². The van der Waals surface area contributed by atoms with Gasteiger partial charge in [0.1, 0.15) is 5.75 Å². The van der Waals surface area contributed by atoms with E-state index in [-0.39, 0.29) is 5.91 Å². The summed E-state index contributed by atoms with van der Waals surface area (Å²) in [5.41, 5.74) is 0.797. The summed E-state index contributed by atoms with van der Waals surface area (Å²) < 4.78 is 9.35. The number of benzene rings is 1. The van der Waals surface area contributed by atoms with Crippen LogP contribution >= 0.6 is 0 Å². The Morgan fingerprint density at radius 2 is 1.93 bits per heavy atom. The third kappa shape index (κ3) is 3.68. The fourth-order valence-corrected chi connectivity index (χ4v) is 3.11. The molecule has 0 saturated carbocycles. The van der Waals surface area contributed by atoms with Crippen molar-refractivity contribution in [3.05, 3.63) is 57.0 Å². The Kier molecular flexibility index (Phi) is 5.62. The quantitative estimate of drug-likeness (QED) is 0.640. The van der Waals surface area contributed by atoms with Gasteiger partial charge in [0.2, 0.25) is 5.91 Å². The molecule has 0 radical (unpaired) electrons. The zero-order chi connectivity index (χ0) is 20.3. The maximum absolute atomic E-state index is 12.4. The van der Waals surface area contributed by atoms with Gasteiger partial charge in [0.15, 0.2) is 11.2 Å². The minimum Gasteiger partial charge on any atom is -0.496 e. The first kappa shape index (κ1) is 19.4. The molecule has 1 amide bonds. The molecule has 2 aromatic heterocycles. The van der Waals surface area contributed by atoms with Crippen LogP contribution in [-0.4, -0.2) is 31.7 Å². The van der Waals surface area contributed by atoms with Gasteiger partial charge in [-0.05, 0) is 12.5 Å². The van der Waals surface area contributed by atoms with Crippen LogP contribution in [0.15, 0.2) is 40.2 Å². The molecule has 0 fully saturated rings. The van der Waals surface area contributed by atoms with Crippen molar-refractivity contribution < 1.29 is 9.53 Å². The molecule has 3 aromatic rings. The maximum Gasteiger partial charge on any atom is 0.332 e. The molecule has 0 atom stereocenters. The van der Waals surface area contributed by atoms with E-state index in [2.05, 4.69) is 10.3 Å². The number of ether oxygens (including phenoxy) is 1. The molecule has 0 unspecified atom stereocenters. The molecule has 1 aromatic carbocycles. The van der Waals surface area contributed by atoms with Crippen molar-refractivity contribution in [1.29, 1.82) is 0 Å². The first-order valence-corrected chi connectivity index (χ1v) is 8.93. The van der Waals surface area contributed by atoms with Crippen LogP contribution in [0.5, 0.6) is 5.75 Å². The minimum absolute atomic E-state index is 0.0874. The molecule has 0 aliphatic carbocycles. The fraction of sp³-hybridized carbons (Fsp3) is 0.368. The van der Waals surface area contributed by atoms with Gasteiger partial charge in [-0.25, -0.2) is 9.78 Å². The average molecular weight is 385 g/mol. The molecule has 3 rings (SSSR count). The number of carbonyl (C=O) groups excluding carboxylic acids is 1. The van der Waals surface area contributed by atoms with E-state index in [9.17, 15) is 14.4 Å². The number of aryl methyl sites for hydroxylation is 2. The van der Waals surface area contributed by atoms with E-state index in [0.29, 0.717) is 37.1 Å². The monoisotopic (exact) mass is 385 g/mol. The molecule has 0 aliphatic heterocycles. The van der Waals surface area contributed by atoms with E-state index in [1.54, 1.807) is 18.7 Å². The second-order valence-corrected chi connectivity index (χ2v) is 6.51. The maximum atomic E-state index is 12.4. The number of rotatable bonds is 7. The van der Waals surface area contributed by atoms with Crippen molar-refractivity contribution in [3.8, 4) is 5.75 Å². The lowest BCUT2D eigenvalue weighted by molar-refractivity contribution is -0.121. The van der Waals surface area contributed by atoms with Crippen molar-refractivity contribution >= 4 is 17.1 Å². The normalized spacial score (nSPS) is 11.0. The summed E-state index contributed by atoms with van der Waals surface area (Å²) in [4.78, 5) is 40.7. The summed E-state index contributed by atoms with van der Waals surface area (Å²) in [7, 11) is 4.61. The Bertz CT molecular complexity index is 1130. The number of hydrogen-bond acceptors (Lipinski definition) is 5. The number of hydrogen-bond donors (Lipinski definition) is 1. The fourth-order valence-electron chi connectivity index (χ4n) is 3.11. The highest BCUT2D eigenvalue weighted by Gasteiger charge is 2.14. The van der Waals surface area contributed by atoms with Crippen LogP contribution in [0.2, 0.25) is 0 Å². The standard InChI is InChI=1S/C19H23N5O4/c1-22-17-16(18(26)23(2)19(22)27)24(12-21-17)10-6-9-15(25)20-11-13-7-4-5-8-14(13)28-3/h4-5,7-8,12H,6,9-11H2,1-3H3,(H,20,25). The molecule has 2 heterocycles. The summed E-state index contributed by atoms with van der Waals surface area (Å²) in [5.74, 6) is 0.643. The van der Waals surface area contributed by atoms with Crippen LogP contribution < -0.4 is 21.3 Å². The zero-order valence-electron chi connectivity index (χ0n) is 16.1. The molecule has 0 bridgehead atoms. The Labute approximate surface area is 161 Å². The Morgan fingerprint density at radius 1 is 1.18 bits per heavy atom. The van der Waals surface area contributed by atoms with Gasteiger partial charge in [-0.1, -0.05) is 18.2 Å². The Balaban J connectivity index is 1.62. The van der Waals surface area contributed by atoms with Crippen LogP contribution in [0, 0.1) is 0 Å². The van der Waals surface area contributed by atoms with Gasteiger partial charge < -0.3 is 14.6 Å². The molecule has 28 heavy (non-hydrogen) atoms. The number of carbonyl (C=O) groups is 1. The summed E-state index contributed by atoms with van der Waals surface area (Å²) in [6.07, 6.45) is 2.37. The van der Waals surface area contributed by atoms with Crippen LogP contribution in [-0.2, 0) is 32.0 Å². The predicted molar refractivity (Wildman–Crippen MR) is 104 cm³/mol. The lowest BCUT2D eigenvalue weighted by Gasteiger charge is -2.10. The van der Waals surface area contributed by atoms with Crippen LogP contribution in [0.1, 0.15) is 18.4 Å². The van der Waals surface area contributed by atoms with E-state index in [4.69, 9.17) is 4.74 Å². The molecule has 0 saturated heterocycles. The van der Waals surface area contributed by atoms with Gasteiger partial charge in [-0.3, -0.25) is 18.7 Å². The summed E-state index contributed by atoms with van der Waals surface area (Å²) in [5, 5.41) is 2.87. The van der Waals surface area contributed by atoms with Gasteiger partial charge >= 0.3 is 5.69 Å². The SMILES string of the molecule is COc1ccccc1CNC(=O)CCCn1cnc2c1c(=O)n(C)c(=O)n2C. The highest BCUT2D eigenvalue weighted by Crippen LogP contribution is 2.16. The molecular weight excluding hydrogens is 362 g/mol. The second kappa shape index (κ2) is 8.12. The Hall–Kier alpha value is -3.36. The third-order valence-corrected chi connectivity index (χ3v) is 4.69. The largest absolute Gasteiger partial charge is 0.496 e.